The molecule has 0 fully saturated rings. The number of aromatic nitrogens is 1. The van der Waals surface area contributed by atoms with Crippen LogP contribution in [0.25, 0.3) is 0 Å². The van der Waals surface area contributed by atoms with Gasteiger partial charge in [0.25, 0.3) is 5.91 Å². The van der Waals surface area contributed by atoms with Gasteiger partial charge in [0.1, 0.15) is 0 Å². The zero-order valence-corrected chi connectivity index (χ0v) is 26.2. The average molecular weight is 595 g/mol. The minimum atomic E-state index is -0.962. The highest BCUT2D eigenvalue weighted by Crippen LogP contribution is 2.30. The predicted octanol–water partition coefficient (Wildman–Crippen LogP) is 4.95. The lowest BCUT2D eigenvalue weighted by molar-refractivity contribution is -0.138. The highest BCUT2D eigenvalue weighted by Gasteiger charge is 2.32. The van der Waals surface area contributed by atoms with Crippen LogP contribution in [0.3, 0.4) is 0 Å². The number of carboxylic acids is 2. The second kappa shape index (κ2) is 16.2. The number of nitrogens with one attached hydrogen (secondary N) is 2. The molecule has 0 saturated heterocycles. The number of carbonyl (C=O) groups is 4. The number of nitrogens with two attached hydrogens (primary N) is 1. The maximum Gasteiger partial charge on any atom is 0.303 e. The largest absolute Gasteiger partial charge is 0.481 e. The summed E-state index contributed by atoms with van der Waals surface area (Å²) in [4.78, 5) is 55.0. The van der Waals surface area contributed by atoms with E-state index in [0.717, 1.165) is 11.1 Å². The van der Waals surface area contributed by atoms with E-state index in [1.54, 1.807) is 26.8 Å². The maximum absolute atomic E-state index is 12.6. The zero-order chi connectivity index (χ0) is 33.1. The van der Waals surface area contributed by atoms with Gasteiger partial charge in [0.2, 0.25) is 5.91 Å². The molecule has 1 unspecified atom stereocenters. The van der Waals surface area contributed by atoms with E-state index >= 15 is 0 Å². The van der Waals surface area contributed by atoms with Crippen molar-refractivity contribution < 1.29 is 29.4 Å². The summed E-state index contributed by atoms with van der Waals surface area (Å²) in [6, 6.07) is 0. The third-order valence-electron chi connectivity index (χ3n) is 7.59. The van der Waals surface area contributed by atoms with Gasteiger partial charge in [0, 0.05) is 42.8 Å². The molecule has 0 aliphatic carbocycles. The van der Waals surface area contributed by atoms with E-state index in [0.29, 0.717) is 45.9 Å². The Morgan fingerprint density at radius 1 is 1.07 bits per heavy atom. The minimum Gasteiger partial charge on any atom is -0.481 e. The fourth-order valence-corrected chi connectivity index (χ4v) is 4.68. The molecule has 10 nitrogen and oxygen atoms in total. The van der Waals surface area contributed by atoms with Gasteiger partial charge in [-0.1, -0.05) is 44.7 Å². The first kappa shape index (κ1) is 36.6. The Morgan fingerprint density at radius 2 is 1.67 bits per heavy atom. The monoisotopic (exact) mass is 594 g/mol. The van der Waals surface area contributed by atoms with Gasteiger partial charge in [-0.3, -0.25) is 19.2 Å². The lowest BCUT2D eigenvalue weighted by Gasteiger charge is -2.32. The number of H-pyrrole nitrogens is 1. The molecule has 43 heavy (non-hydrogen) atoms. The third kappa shape index (κ3) is 10.7. The molecule has 2 amide bonds. The van der Waals surface area contributed by atoms with Crippen LogP contribution in [0.1, 0.15) is 76.4 Å². The number of primary amides is 1. The quantitative estimate of drug-likeness (QED) is 0.0691. The molecule has 1 aromatic rings. The lowest BCUT2D eigenvalue weighted by atomic mass is 9.78. The molecule has 0 saturated carbocycles. The maximum atomic E-state index is 12.6. The molecule has 1 atom stereocenters. The fraction of sp³-hybridized carbons (Fsp3) is 0.424. The van der Waals surface area contributed by atoms with Crippen molar-refractivity contribution in [1.82, 2.24) is 10.3 Å². The van der Waals surface area contributed by atoms with Crippen LogP contribution >= 0.6 is 0 Å². The number of carbonyl (C=O) groups excluding carboxylic acids is 2. The topological polar surface area (TPSA) is 175 Å². The first-order valence-corrected chi connectivity index (χ1v) is 14.0. The van der Waals surface area contributed by atoms with Crippen LogP contribution in [-0.4, -0.2) is 51.7 Å². The number of nitrogens with zero attached hydrogens (tertiary/aromatic N) is 1. The van der Waals surface area contributed by atoms with Crippen molar-refractivity contribution in [2.24, 2.45) is 22.1 Å². The average Bonchev–Trinajstić information content (AvgIpc) is 3.21. The molecule has 0 aromatic carbocycles. The summed E-state index contributed by atoms with van der Waals surface area (Å²) in [5.74, 6) is -3.49. The van der Waals surface area contributed by atoms with Gasteiger partial charge in [-0.25, -0.2) is 4.99 Å². The summed E-state index contributed by atoms with van der Waals surface area (Å²) in [6.07, 6.45) is 4.95. The first-order valence-electron chi connectivity index (χ1n) is 14.0. The SMILES string of the molecule is C=C/C(C)=C(\C)C(=O)/N=C/c1[nH]c(C/C(NCC(C)(C)C(C=C)C(N)=O)=C(\CCC(=O)O)C(=C)C)c(CCC(=O)O)c1C. The molecule has 0 radical (unpaired) electrons. The third-order valence-corrected chi connectivity index (χ3v) is 7.59. The summed E-state index contributed by atoms with van der Waals surface area (Å²) in [7, 11) is 0. The number of aliphatic imine (C=N–C) groups is 1. The van der Waals surface area contributed by atoms with Crippen LogP contribution in [0.4, 0.5) is 0 Å². The number of rotatable bonds is 18. The second-order valence-electron chi connectivity index (χ2n) is 11.4. The standard InChI is InChI=1S/C33H46N4O6/c1-10-20(5)21(6)32(43)35-17-28-22(7)24(13-15-30(40)41)27(37-28)16-26(23(19(3)4)12-14-29(38)39)36-18-33(8,9)25(11-2)31(34)42/h10-11,17,25,36-37H,1-3,12-16,18H2,4-9H3,(H2,34,42)(H,38,39)(H,40,41)/b21-20+,26-23-,35-17+. The zero-order valence-electron chi connectivity index (χ0n) is 26.2. The van der Waals surface area contributed by atoms with Gasteiger partial charge in [-0.05, 0) is 68.2 Å². The normalized spacial score (nSPS) is 13.5. The number of aliphatic carboxylic acids is 2. The van der Waals surface area contributed by atoms with Gasteiger partial charge in [-0.2, -0.15) is 0 Å². The molecular weight excluding hydrogens is 548 g/mol. The Kier molecular flexibility index (Phi) is 13.8. The molecule has 1 aromatic heterocycles. The summed E-state index contributed by atoms with van der Waals surface area (Å²) >= 11 is 0. The molecular formula is C33H46N4O6. The molecule has 0 aliphatic heterocycles. The van der Waals surface area contributed by atoms with E-state index in [1.807, 2.05) is 20.8 Å². The Hall–Kier alpha value is -4.47. The smallest absolute Gasteiger partial charge is 0.303 e. The minimum absolute atomic E-state index is 0.118. The molecule has 0 spiro atoms. The van der Waals surface area contributed by atoms with Crippen LogP contribution < -0.4 is 11.1 Å². The van der Waals surface area contributed by atoms with Crippen molar-refractivity contribution in [1.29, 1.82) is 0 Å². The van der Waals surface area contributed by atoms with Crippen molar-refractivity contribution in [3.63, 3.8) is 0 Å². The van der Waals surface area contributed by atoms with E-state index in [-0.39, 0.29) is 32.1 Å². The molecule has 6 N–H and O–H groups in total. The number of hydrogen-bond donors (Lipinski definition) is 5. The van der Waals surface area contributed by atoms with Gasteiger partial charge >= 0.3 is 11.9 Å². The van der Waals surface area contributed by atoms with E-state index in [1.165, 1.54) is 12.3 Å². The van der Waals surface area contributed by atoms with E-state index in [9.17, 15) is 29.4 Å². The van der Waals surface area contributed by atoms with Crippen molar-refractivity contribution in [3.8, 4) is 0 Å². The Balaban J connectivity index is 3.72. The number of allylic oxidation sites excluding steroid dienone is 5. The van der Waals surface area contributed by atoms with Gasteiger partial charge < -0.3 is 26.2 Å². The highest BCUT2D eigenvalue weighted by molar-refractivity contribution is 6.01. The summed E-state index contributed by atoms with van der Waals surface area (Å²) < 4.78 is 0. The molecule has 0 aliphatic rings. The Labute approximate surface area is 254 Å². The van der Waals surface area contributed by atoms with Gasteiger partial charge in [0.05, 0.1) is 17.8 Å². The molecule has 10 heteroatoms. The Morgan fingerprint density at radius 3 is 2.16 bits per heavy atom. The van der Waals surface area contributed by atoms with Crippen molar-refractivity contribution >= 4 is 30.0 Å². The number of hydrogen-bond acceptors (Lipinski definition) is 5. The van der Waals surface area contributed by atoms with E-state index in [4.69, 9.17) is 5.73 Å². The molecule has 0 bridgehead atoms. The second-order valence-corrected chi connectivity index (χ2v) is 11.4. The van der Waals surface area contributed by atoms with Crippen LogP contribution in [0.2, 0.25) is 0 Å². The number of aromatic amines is 1. The van der Waals surface area contributed by atoms with Crippen LogP contribution in [-0.2, 0) is 32.0 Å². The Bertz CT molecular complexity index is 1370. The van der Waals surface area contributed by atoms with Crippen LogP contribution in [0, 0.1) is 18.3 Å². The van der Waals surface area contributed by atoms with E-state index in [2.05, 4.69) is 35.0 Å². The summed E-state index contributed by atoms with van der Waals surface area (Å²) in [6.45, 7) is 22.6. The lowest BCUT2D eigenvalue weighted by Crippen LogP contribution is -2.41. The van der Waals surface area contributed by atoms with Crippen molar-refractivity contribution in [3.05, 3.63) is 82.4 Å². The molecule has 1 heterocycles. The van der Waals surface area contributed by atoms with Gasteiger partial charge in [0.15, 0.2) is 0 Å². The number of amides is 2. The van der Waals surface area contributed by atoms with Crippen LogP contribution in [0.15, 0.2) is 64.9 Å². The van der Waals surface area contributed by atoms with Crippen LogP contribution in [0.5, 0.6) is 0 Å². The molecule has 234 valence electrons. The molecule has 1 rings (SSSR count). The van der Waals surface area contributed by atoms with Crippen molar-refractivity contribution in [2.45, 2.75) is 73.6 Å². The summed E-state index contributed by atoms with van der Waals surface area (Å²) in [5, 5.41) is 22.2. The number of carboxylic acid groups (broad SMARTS) is 2. The van der Waals surface area contributed by atoms with E-state index < -0.39 is 35.1 Å². The first-order chi connectivity index (χ1) is 20.0. The predicted molar refractivity (Wildman–Crippen MR) is 170 cm³/mol. The fourth-order valence-electron chi connectivity index (χ4n) is 4.68. The van der Waals surface area contributed by atoms with Gasteiger partial charge in [-0.15, -0.1) is 6.58 Å². The highest BCUT2D eigenvalue weighted by atomic mass is 16.4. The van der Waals surface area contributed by atoms with Crippen molar-refractivity contribution in [2.75, 3.05) is 6.54 Å². The summed E-state index contributed by atoms with van der Waals surface area (Å²) in [5.41, 5.74) is 10.9.